The second-order valence-corrected chi connectivity index (χ2v) is 5.89. The van der Waals surface area contributed by atoms with Crippen LogP contribution in [-0.4, -0.2) is 33.1 Å². The van der Waals surface area contributed by atoms with E-state index in [4.69, 9.17) is 0 Å². The van der Waals surface area contributed by atoms with Crippen molar-refractivity contribution in [2.75, 3.05) is 6.54 Å². The molecule has 0 fully saturated rings. The molecule has 5 heteroatoms. The van der Waals surface area contributed by atoms with E-state index in [0.717, 1.165) is 29.4 Å². The molecule has 0 unspecified atom stereocenters. The van der Waals surface area contributed by atoms with Crippen molar-refractivity contribution in [2.24, 2.45) is 0 Å². The number of H-pyrrole nitrogens is 1. The lowest BCUT2D eigenvalue weighted by Crippen LogP contribution is -2.43. The fourth-order valence-corrected chi connectivity index (χ4v) is 2.89. The van der Waals surface area contributed by atoms with Gasteiger partial charge in [-0.1, -0.05) is 26.7 Å². The van der Waals surface area contributed by atoms with Crippen molar-refractivity contribution >= 4 is 16.9 Å². The number of aliphatic hydroxyl groups is 1. The summed E-state index contributed by atoms with van der Waals surface area (Å²) in [5.74, 6) is -0.0737. The van der Waals surface area contributed by atoms with Gasteiger partial charge in [0.2, 0.25) is 5.91 Å². The summed E-state index contributed by atoms with van der Waals surface area (Å²) in [6.45, 7) is 4.40. The summed E-state index contributed by atoms with van der Waals surface area (Å²) in [5, 5.41) is 14.4. The zero-order chi connectivity index (χ0) is 16.0. The highest BCUT2D eigenvalue weighted by Gasteiger charge is 2.25. The van der Waals surface area contributed by atoms with Crippen molar-refractivity contribution < 1.29 is 9.90 Å². The van der Waals surface area contributed by atoms with E-state index in [9.17, 15) is 9.90 Å². The molecule has 0 aliphatic rings. The second-order valence-electron chi connectivity index (χ2n) is 5.89. The highest BCUT2D eigenvalue weighted by Crippen LogP contribution is 2.19. The lowest BCUT2D eigenvalue weighted by atomic mass is 9.92. The zero-order valence-electron chi connectivity index (χ0n) is 13.4. The molecule has 0 spiro atoms. The zero-order valence-corrected chi connectivity index (χ0v) is 13.4. The monoisotopic (exact) mass is 303 g/mol. The van der Waals surface area contributed by atoms with Crippen LogP contribution >= 0.6 is 0 Å². The Hall–Kier alpha value is -1.88. The predicted molar refractivity (Wildman–Crippen MR) is 87.6 cm³/mol. The smallest absolute Gasteiger partial charge is 0.224 e. The third kappa shape index (κ3) is 4.07. The molecule has 120 valence electrons. The molecule has 2 rings (SSSR count). The van der Waals surface area contributed by atoms with Gasteiger partial charge in [-0.2, -0.15) is 0 Å². The Morgan fingerprint density at radius 1 is 1.36 bits per heavy atom. The molecule has 0 atom stereocenters. The summed E-state index contributed by atoms with van der Waals surface area (Å²) >= 11 is 0. The maximum absolute atomic E-state index is 12.2. The van der Waals surface area contributed by atoms with Crippen LogP contribution in [0.1, 0.15) is 45.1 Å². The van der Waals surface area contributed by atoms with Crippen LogP contribution in [-0.2, 0) is 11.2 Å². The molecule has 22 heavy (non-hydrogen) atoms. The number of nitrogens with one attached hydrogen (secondary N) is 2. The third-order valence-corrected chi connectivity index (χ3v) is 3.93. The van der Waals surface area contributed by atoms with E-state index in [1.54, 1.807) is 6.20 Å². The Bertz CT molecular complexity index is 615. The van der Waals surface area contributed by atoms with Gasteiger partial charge in [0.25, 0.3) is 0 Å². The molecule has 0 bridgehead atoms. The molecule has 0 aromatic carbocycles. The molecule has 1 amide bonds. The van der Waals surface area contributed by atoms with Crippen molar-refractivity contribution in [3.05, 3.63) is 30.1 Å². The van der Waals surface area contributed by atoms with Gasteiger partial charge in [0.15, 0.2) is 0 Å². The standard InChI is InChI=1S/C17H25N3O2/c1-3-7-17(22,8-4-2)12-20-15(21)10-13-11-19-16-14(13)6-5-9-18-16/h5-6,9,11,22H,3-4,7-8,10,12H2,1-2H3,(H,18,19)(H,20,21). The van der Waals surface area contributed by atoms with Gasteiger partial charge in [-0.25, -0.2) is 4.98 Å². The minimum Gasteiger partial charge on any atom is -0.388 e. The van der Waals surface area contributed by atoms with Crippen LogP contribution in [0.5, 0.6) is 0 Å². The number of pyridine rings is 1. The van der Waals surface area contributed by atoms with E-state index in [1.807, 2.05) is 32.2 Å². The highest BCUT2D eigenvalue weighted by atomic mass is 16.3. The number of amides is 1. The number of nitrogens with zero attached hydrogens (tertiary/aromatic N) is 1. The first-order chi connectivity index (χ1) is 10.6. The number of aromatic nitrogens is 2. The van der Waals surface area contributed by atoms with Gasteiger partial charge < -0.3 is 15.4 Å². The molecule has 0 aliphatic carbocycles. The van der Waals surface area contributed by atoms with E-state index in [1.165, 1.54) is 0 Å². The number of carbonyl (C=O) groups is 1. The lowest BCUT2D eigenvalue weighted by molar-refractivity contribution is -0.121. The summed E-state index contributed by atoms with van der Waals surface area (Å²) in [7, 11) is 0. The van der Waals surface area contributed by atoms with Gasteiger partial charge in [-0.3, -0.25) is 4.79 Å². The van der Waals surface area contributed by atoms with Crippen molar-refractivity contribution in [1.82, 2.24) is 15.3 Å². The minimum atomic E-state index is -0.791. The Labute approximate surface area is 131 Å². The average molecular weight is 303 g/mol. The first-order valence-electron chi connectivity index (χ1n) is 7.98. The summed E-state index contributed by atoms with van der Waals surface area (Å²) in [5.41, 5.74) is 0.926. The number of fused-ring (bicyclic) bond motifs is 1. The Morgan fingerprint density at radius 3 is 2.77 bits per heavy atom. The van der Waals surface area contributed by atoms with E-state index >= 15 is 0 Å². The van der Waals surface area contributed by atoms with E-state index < -0.39 is 5.60 Å². The second kappa shape index (κ2) is 7.40. The van der Waals surface area contributed by atoms with E-state index in [2.05, 4.69) is 15.3 Å². The van der Waals surface area contributed by atoms with Crippen LogP contribution < -0.4 is 5.32 Å². The number of rotatable bonds is 8. The van der Waals surface area contributed by atoms with Crippen LogP contribution in [0.4, 0.5) is 0 Å². The van der Waals surface area contributed by atoms with Crippen LogP contribution in [0, 0.1) is 0 Å². The highest BCUT2D eigenvalue weighted by molar-refractivity contribution is 5.87. The first-order valence-corrected chi connectivity index (χ1v) is 7.98. The summed E-state index contributed by atoms with van der Waals surface area (Å²) in [6.07, 6.45) is 7.05. The van der Waals surface area contributed by atoms with E-state index in [-0.39, 0.29) is 5.91 Å². The predicted octanol–water partition coefficient (Wildman–Crippen LogP) is 2.55. The Balaban J connectivity index is 1.95. The fourth-order valence-electron chi connectivity index (χ4n) is 2.89. The molecular formula is C17H25N3O2. The van der Waals surface area contributed by atoms with Crippen molar-refractivity contribution in [2.45, 2.75) is 51.6 Å². The number of carbonyl (C=O) groups excluding carboxylic acids is 1. The first kappa shape index (κ1) is 16.5. The van der Waals surface area contributed by atoms with Gasteiger partial charge in [0, 0.05) is 24.3 Å². The maximum Gasteiger partial charge on any atom is 0.224 e. The van der Waals surface area contributed by atoms with Crippen LogP contribution in [0.2, 0.25) is 0 Å². The van der Waals surface area contributed by atoms with Gasteiger partial charge in [0.1, 0.15) is 5.65 Å². The molecule has 3 N–H and O–H groups in total. The lowest BCUT2D eigenvalue weighted by Gasteiger charge is -2.27. The van der Waals surface area contributed by atoms with Crippen LogP contribution in [0.3, 0.4) is 0 Å². The average Bonchev–Trinajstić information content (AvgIpc) is 2.89. The molecule has 0 radical (unpaired) electrons. The molecule has 2 heterocycles. The fraction of sp³-hybridized carbons (Fsp3) is 0.529. The van der Waals surface area contributed by atoms with E-state index in [0.29, 0.717) is 25.8 Å². The van der Waals surface area contributed by atoms with Gasteiger partial charge in [-0.05, 0) is 30.5 Å². The van der Waals surface area contributed by atoms with Crippen molar-refractivity contribution in [3.8, 4) is 0 Å². The van der Waals surface area contributed by atoms with Gasteiger partial charge in [0.05, 0.1) is 12.0 Å². The molecule has 5 nitrogen and oxygen atoms in total. The molecule has 2 aromatic rings. The normalized spacial score (nSPS) is 11.8. The van der Waals surface area contributed by atoms with Crippen molar-refractivity contribution in [1.29, 1.82) is 0 Å². The summed E-state index contributed by atoms with van der Waals surface area (Å²) < 4.78 is 0. The van der Waals surface area contributed by atoms with Gasteiger partial charge >= 0.3 is 0 Å². The summed E-state index contributed by atoms with van der Waals surface area (Å²) in [6, 6.07) is 3.81. The minimum absolute atomic E-state index is 0.0737. The number of hydrogen-bond donors (Lipinski definition) is 3. The number of hydrogen-bond acceptors (Lipinski definition) is 3. The molecule has 2 aromatic heterocycles. The molecule has 0 saturated carbocycles. The van der Waals surface area contributed by atoms with Gasteiger partial charge in [-0.15, -0.1) is 0 Å². The Morgan fingerprint density at radius 2 is 2.09 bits per heavy atom. The topological polar surface area (TPSA) is 78.0 Å². The maximum atomic E-state index is 12.2. The van der Waals surface area contributed by atoms with Crippen LogP contribution in [0.25, 0.3) is 11.0 Å². The van der Waals surface area contributed by atoms with Crippen LogP contribution in [0.15, 0.2) is 24.5 Å². The molecular weight excluding hydrogens is 278 g/mol. The number of aromatic amines is 1. The summed E-state index contributed by atoms with van der Waals surface area (Å²) in [4.78, 5) is 19.4. The molecule has 0 aliphatic heterocycles. The Kier molecular flexibility index (Phi) is 5.55. The largest absolute Gasteiger partial charge is 0.388 e. The quantitative estimate of drug-likeness (QED) is 0.701. The SMILES string of the molecule is CCCC(O)(CCC)CNC(=O)Cc1c[nH]c2ncccc12. The van der Waals surface area contributed by atoms with Crippen molar-refractivity contribution in [3.63, 3.8) is 0 Å². The molecule has 0 saturated heterocycles. The third-order valence-electron chi connectivity index (χ3n) is 3.93.